The molecule has 6 heteroatoms. The Bertz CT molecular complexity index is 773. The lowest BCUT2D eigenvalue weighted by Gasteiger charge is -2.39. The van der Waals surface area contributed by atoms with E-state index in [1.807, 2.05) is 6.20 Å². The number of fused-ring (bicyclic) bond motifs is 1. The van der Waals surface area contributed by atoms with Crippen molar-refractivity contribution in [2.75, 3.05) is 18.0 Å². The van der Waals surface area contributed by atoms with Crippen LogP contribution in [0.4, 0.5) is 5.82 Å². The first-order valence-corrected chi connectivity index (χ1v) is 10.6. The van der Waals surface area contributed by atoms with E-state index in [0.717, 1.165) is 12.4 Å². The quantitative estimate of drug-likeness (QED) is 0.814. The highest BCUT2D eigenvalue weighted by atomic mass is 15.3. The molecule has 1 saturated carbocycles. The van der Waals surface area contributed by atoms with Crippen molar-refractivity contribution in [2.45, 2.75) is 70.0 Å². The molecule has 0 atom stereocenters. The molecule has 5 rings (SSSR count). The molecule has 0 amide bonds. The largest absolute Gasteiger partial charge is 0.350 e. The Hall–Kier alpha value is -1.95. The van der Waals surface area contributed by atoms with E-state index in [1.54, 1.807) is 11.9 Å². The van der Waals surface area contributed by atoms with Gasteiger partial charge in [0.25, 0.3) is 0 Å². The van der Waals surface area contributed by atoms with Crippen molar-refractivity contribution in [1.29, 1.82) is 0 Å². The highest BCUT2D eigenvalue weighted by Crippen LogP contribution is 2.35. The monoisotopic (exact) mass is 366 g/mol. The van der Waals surface area contributed by atoms with Crippen LogP contribution in [0.5, 0.6) is 0 Å². The fraction of sp³-hybridized carbons (Fsp3) is 0.667. The zero-order valence-electron chi connectivity index (χ0n) is 16.3. The maximum absolute atomic E-state index is 4.80. The number of aryl methyl sites for hydroxylation is 2. The Kier molecular flexibility index (Phi) is 4.60. The second-order valence-corrected chi connectivity index (χ2v) is 8.42. The average molecular weight is 367 g/mol. The third-order valence-electron chi connectivity index (χ3n) is 6.54. The Morgan fingerprint density at radius 3 is 2.59 bits per heavy atom. The molecule has 6 nitrogen and oxygen atoms in total. The van der Waals surface area contributed by atoms with Gasteiger partial charge in [-0.1, -0.05) is 0 Å². The predicted molar refractivity (Wildman–Crippen MR) is 106 cm³/mol. The van der Waals surface area contributed by atoms with E-state index in [1.165, 1.54) is 75.8 Å². The molecule has 0 unspecified atom stereocenters. The summed E-state index contributed by atoms with van der Waals surface area (Å²) in [6.45, 7) is 3.39. The third kappa shape index (κ3) is 3.47. The molecule has 1 saturated heterocycles. The number of hydrogen-bond donors (Lipinski definition) is 0. The SMILES string of the molecule is Cn1nc2c(c1CN1CCC(N(c3ccncn3)C3CC3)CC1)CCCC2. The van der Waals surface area contributed by atoms with E-state index in [9.17, 15) is 0 Å². The van der Waals surface area contributed by atoms with E-state index < -0.39 is 0 Å². The van der Waals surface area contributed by atoms with Crippen LogP contribution in [-0.4, -0.2) is 49.8 Å². The van der Waals surface area contributed by atoms with Crippen LogP contribution in [-0.2, 0) is 26.4 Å². The molecule has 0 aromatic carbocycles. The summed E-state index contributed by atoms with van der Waals surface area (Å²) >= 11 is 0. The van der Waals surface area contributed by atoms with Gasteiger partial charge in [-0.25, -0.2) is 9.97 Å². The van der Waals surface area contributed by atoms with Crippen LogP contribution in [0.15, 0.2) is 18.6 Å². The van der Waals surface area contributed by atoms with Crippen molar-refractivity contribution < 1.29 is 0 Å². The van der Waals surface area contributed by atoms with Gasteiger partial charge in [-0.2, -0.15) is 5.10 Å². The molecule has 2 aromatic rings. The van der Waals surface area contributed by atoms with Crippen LogP contribution in [0.1, 0.15) is 55.5 Å². The summed E-state index contributed by atoms with van der Waals surface area (Å²) in [6, 6.07) is 3.39. The molecule has 2 aliphatic carbocycles. The molecular weight excluding hydrogens is 336 g/mol. The van der Waals surface area contributed by atoms with E-state index in [-0.39, 0.29) is 0 Å². The molecule has 144 valence electrons. The first-order chi connectivity index (χ1) is 13.3. The Balaban J connectivity index is 1.25. The Labute approximate surface area is 161 Å². The van der Waals surface area contributed by atoms with Gasteiger partial charge >= 0.3 is 0 Å². The number of likely N-dealkylation sites (tertiary alicyclic amines) is 1. The number of anilines is 1. The number of aromatic nitrogens is 4. The van der Waals surface area contributed by atoms with Crippen molar-refractivity contribution in [3.8, 4) is 0 Å². The predicted octanol–water partition coefficient (Wildman–Crippen LogP) is 2.72. The summed E-state index contributed by atoms with van der Waals surface area (Å²) in [5.41, 5.74) is 4.36. The molecule has 1 aliphatic heterocycles. The fourth-order valence-corrected chi connectivity index (χ4v) is 4.97. The smallest absolute Gasteiger partial charge is 0.132 e. The average Bonchev–Trinajstić information content (AvgIpc) is 3.49. The fourth-order valence-electron chi connectivity index (χ4n) is 4.97. The summed E-state index contributed by atoms with van der Waals surface area (Å²) in [4.78, 5) is 13.9. The van der Waals surface area contributed by atoms with Crippen molar-refractivity contribution >= 4 is 5.82 Å². The van der Waals surface area contributed by atoms with Gasteiger partial charge in [0.15, 0.2) is 0 Å². The highest BCUT2D eigenvalue weighted by Gasteiger charge is 2.36. The minimum Gasteiger partial charge on any atom is -0.350 e. The second kappa shape index (κ2) is 7.23. The summed E-state index contributed by atoms with van der Waals surface area (Å²) in [7, 11) is 2.13. The van der Waals surface area contributed by atoms with E-state index in [2.05, 4.69) is 37.6 Å². The van der Waals surface area contributed by atoms with Crippen LogP contribution in [0.2, 0.25) is 0 Å². The van der Waals surface area contributed by atoms with E-state index >= 15 is 0 Å². The number of piperidine rings is 1. The molecule has 2 fully saturated rings. The van der Waals surface area contributed by atoms with Gasteiger partial charge in [0.2, 0.25) is 0 Å². The minimum atomic E-state index is 0.615. The van der Waals surface area contributed by atoms with E-state index in [4.69, 9.17) is 5.10 Å². The molecule has 0 spiro atoms. The zero-order valence-corrected chi connectivity index (χ0v) is 16.3. The summed E-state index contributed by atoms with van der Waals surface area (Å²) < 4.78 is 2.15. The van der Waals surface area contributed by atoms with E-state index in [0.29, 0.717) is 12.1 Å². The highest BCUT2D eigenvalue weighted by molar-refractivity contribution is 5.41. The van der Waals surface area contributed by atoms with Crippen molar-refractivity contribution in [1.82, 2.24) is 24.6 Å². The van der Waals surface area contributed by atoms with Gasteiger partial charge < -0.3 is 4.90 Å². The van der Waals surface area contributed by atoms with Gasteiger partial charge in [-0.05, 0) is 63.0 Å². The maximum Gasteiger partial charge on any atom is 0.132 e. The molecular formula is C21H30N6. The van der Waals surface area contributed by atoms with Gasteiger partial charge in [-0.3, -0.25) is 9.58 Å². The van der Waals surface area contributed by atoms with Gasteiger partial charge in [-0.15, -0.1) is 0 Å². The third-order valence-corrected chi connectivity index (χ3v) is 6.54. The topological polar surface area (TPSA) is 50.1 Å². The molecule has 2 aromatic heterocycles. The van der Waals surface area contributed by atoms with Crippen LogP contribution in [0, 0.1) is 0 Å². The standard InChI is InChI=1S/C21H30N6/c1-25-20(18-4-2-3-5-19(18)24-25)14-26-12-9-17(10-13-26)27(16-6-7-16)21-8-11-22-15-23-21/h8,11,15-17H,2-7,9-10,12-14H2,1H3. The lowest BCUT2D eigenvalue weighted by Crippen LogP contribution is -2.46. The zero-order chi connectivity index (χ0) is 18.2. The first kappa shape index (κ1) is 17.2. The molecule has 3 heterocycles. The molecule has 27 heavy (non-hydrogen) atoms. The molecule has 3 aliphatic rings. The van der Waals surface area contributed by atoms with Gasteiger partial charge in [0, 0.05) is 45.0 Å². The molecule has 0 bridgehead atoms. The van der Waals surface area contributed by atoms with Gasteiger partial charge in [0.1, 0.15) is 12.1 Å². The Morgan fingerprint density at radius 1 is 1.07 bits per heavy atom. The molecule has 0 radical (unpaired) electrons. The Morgan fingerprint density at radius 2 is 1.85 bits per heavy atom. The van der Waals surface area contributed by atoms with Crippen molar-refractivity contribution in [2.24, 2.45) is 7.05 Å². The van der Waals surface area contributed by atoms with Gasteiger partial charge in [0.05, 0.1) is 11.4 Å². The van der Waals surface area contributed by atoms with Crippen LogP contribution < -0.4 is 4.90 Å². The summed E-state index contributed by atoms with van der Waals surface area (Å²) in [6.07, 6.45) is 13.6. The second-order valence-electron chi connectivity index (χ2n) is 8.42. The lowest BCUT2D eigenvalue weighted by molar-refractivity contribution is 0.195. The summed E-state index contributed by atoms with van der Waals surface area (Å²) in [5, 5.41) is 4.80. The first-order valence-electron chi connectivity index (χ1n) is 10.6. The number of rotatable bonds is 5. The number of nitrogens with zero attached hydrogens (tertiary/aromatic N) is 6. The minimum absolute atomic E-state index is 0.615. The van der Waals surface area contributed by atoms with Crippen LogP contribution in [0.25, 0.3) is 0 Å². The maximum atomic E-state index is 4.80. The molecule has 0 N–H and O–H groups in total. The van der Waals surface area contributed by atoms with Crippen LogP contribution in [0.3, 0.4) is 0 Å². The number of hydrogen-bond acceptors (Lipinski definition) is 5. The van der Waals surface area contributed by atoms with Crippen molar-refractivity contribution in [3.05, 3.63) is 35.5 Å². The van der Waals surface area contributed by atoms with Crippen LogP contribution >= 0.6 is 0 Å². The normalized spacial score (nSPS) is 21.2. The summed E-state index contributed by atoms with van der Waals surface area (Å²) in [5.74, 6) is 1.12. The van der Waals surface area contributed by atoms with Crippen molar-refractivity contribution in [3.63, 3.8) is 0 Å². The lowest BCUT2D eigenvalue weighted by atomic mass is 9.95.